The Kier molecular flexibility index (Phi) is 2.90. The smallest absolute Gasteiger partial charge is 0.159 e. The molecule has 0 amide bonds. The first-order chi connectivity index (χ1) is 8.81. The Bertz CT molecular complexity index is 643. The van der Waals surface area contributed by atoms with Gasteiger partial charge in [-0.05, 0) is 29.1 Å². The predicted molar refractivity (Wildman–Crippen MR) is 71.4 cm³/mol. The molecule has 2 aromatic heterocycles. The molecule has 0 saturated heterocycles. The molecule has 0 atom stereocenters. The summed E-state index contributed by atoms with van der Waals surface area (Å²) < 4.78 is 0. The maximum Gasteiger partial charge on any atom is 0.214 e. The lowest BCUT2D eigenvalue weighted by Gasteiger charge is -2.00. The molecule has 0 fully saturated rings. The van der Waals surface area contributed by atoms with Gasteiger partial charge >= 0.3 is 0 Å². The first-order valence-corrected chi connectivity index (χ1v) is 6.56. The van der Waals surface area contributed by atoms with E-state index in [-0.39, 0.29) is 0 Å². The minimum atomic E-state index is 0.653. The van der Waals surface area contributed by atoms with E-state index in [9.17, 15) is 0 Å². The highest BCUT2D eigenvalue weighted by molar-refractivity contribution is 7.13. The van der Waals surface area contributed by atoms with Gasteiger partial charge < -0.3 is 0 Å². The average molecular weight is 256 g/mol. The number of tetrazole rings is 1. The van der Waals surface area contributed by atoms with Gasteiger partial charge in [-0.2, -0.15) is 4.80 Å². The van der Waals surface area contributed by atoms with Gasteiger partial charge in [0.05, 0.1) is 11.4 Å². The van der Waals surface area contributed by atoms with Crippen molar-refractivity contribution in [2.75, 3.05) is 0 Å². The summed E-state index contributed by atoms with van der Waals surface area (Å²) in [6.07, 6.45) is 0. The molecular weight excluding hydrogens is 244 g/mol. The van der Waals surface area contributed by atoms with Crippen LogP contribution in [0.5, 0.6) is 0 Å². The van der Waals surface area contributed by atoms with Crippen LogP contribution in [-0.4, -0.2) is 20.2 Å². The van der Waals surface area contributed by atoms with Crippen molar-refractivity contribution in [3.05, 3.63) is 52.9 Å². The van der Waals surface area contributed by atoms with Crippen LogP contribution in [0.25, 0.3) is 10.7 Å². The zero-order valence-electron chi connectivity index (χ0n) is 9.95. The van der Waals surface area contributed by atoms with Gasteiger partial charge in [0.15, 0.2) is 0 Å². The molecule has 3 rings (SSSR count). The molecular formula is C13H12N4S. The molecule has 0 saturated carbocycles. The van der Waals surface area contributed by atoms with Crippen LogP contribution in [-0.2, 0) is 6.54 Å². The topological polar surface area (TPSA) is 43.6 Å². The molecule has 3 aromatic rings. The van der Waals surface area contributed by atoms with Crippen LogP contribution in [0, 0.1) is 6.92 Å². The summed E-state index contributed by atoms with van der Waals surface area (Å²) in [6.45, 7) is 2.73. The molecule has 0 spiro atoms. The quantitative estimate of drug-likeness (QED) is 0.723. The number of aromatic nitrogens is 4. The Balaban J connectivity index is 1.82. The first-order valence-electron chi connectivity index (χ1n) is 5.68. The molecule has 0 radical (unpaired) electrons. The van der Waals surface area contributed by atoms with Crippen LogP contribution in [0.1, 0.15) is 11.1 Å². The van der Waals surface area contributed by atoms with Gasteiger partial charge in [0.25, 0.3) is 0 Å². The van der Waals surface area contributed by atoms with Crippen molar-refractivity contribution in [3.8, 4) is 10.7 Å². The van der Waals surface area contributed by atoms with Crippen molar-refractivity contribution in [1.29, 1.82) is 0 Å². The van der Waals surface area contributed by atoms with Gasteiger partial charge in [-0.15, -0.1) is 21.5 Å². The number of nitrogens with zero attached hydrogens (tertiary/aromatic N) is 4. The molecule has 0 unspecified atom stereocenters. The zero-order chi connectivity index (χ0) is 12.4. The second-order valence-corrected chi connectivity index (χ2v) is 5.06. The lowest BCUT2D eigenvalue weighted by atomic mass is 10.1. The van der Waals surface area contributed by atoms with Crippen LogP contribution >= 0.6 is 11.3 Å². The van der Waals surface area contributed by atoms with E-state index < -0.39 is 0 Å². The summed E-state index contributed by atoms with van der Waals surface area (Å²) in [6, 6.07) is 12.3. The van der Waals surface area contributed by atoms with Gasteiger partial charge in [-0.1, -0.05) is 35.9 Å². The van der Waals surface area contributed by atoms with Gasteiger partial charge in [-0.25, -0.2) is 0 Å². The molecule has 0 bridgehead atoms. The van der Waals surface area contributed by atoms with E-state index in [0.29, 0.717) is 12.4 Å². The number of hydrogen-bond donors (Lipinski definition) is 0. The lowest BCUT2D eigenvalue weighted by molar-refractivity contribution is 0.572. The van der Waals surface area contributed by atoms with Crippen LogP contribution in [0.15, 0.2) is 41.8 Å². The van der Waals surface area contributed by atoms with Crippen molar-refractivity contribution in [1.82, 2.24) is 20.2 Å². The molecule has 0 aliphatic rings. The molecule has 0 aliphatic heterocycles. The van der Waals surface area contributed by atoms with Gasteiger partial charge in [-0.3, -0.25) is 0 Å². The minimum Gasteiger partial charge on any atom is -0.159 e. The van der Waals surface area contributed by atoms with E-state index in [2.05, 4.69) is 40.5 Å². The Hall–Kier alpha value is -2.01. The van der Waals surface area contributed by atoms with E-state index >= 15 is 0 Å². The van der Waals surface area contributed by atoms with Crippen molar-refractivity contribution < 1.29 is 0 Å². The SMILES string of the molecule is Cc1cccc(Cn2nnc(-c3cccs3)n2)c1. The van der Waals surface area contributed by atoms with Crippen molar-refractivity contribution in [2.45, 2.75) is 13.5 Å². The fraction of sp³-hybridized carbons (Fsp3) is 0.154. The van der Waals surface area contributed by atoms with Crippen LogP contribution in [0.2, 0.25) is 0 Å². The van der Waals surface area contributed by atoms with Crippen molar-refractivity contribution >= 4 is 11.3 Å². The van der Waals surface area contributed by atoms with E-state index in [1.807, 2.05) is 23.6 Å². The van der Waals surface area contributed by atoms with Crippen molar-refractivity contribution in [3.63, 3.8) is 0 Å². The van der Waals surface area contributed by atoms with E-state index in [4.69, 9.17) is 0 Å². The normalized spacial score (nSPS) is 10.7. The highest BCUT2D eigenvalue weighted by Crippen LogP contribution is 2.19. The number of rotatable bonds is 3. The maximum atomic E-state index is 4.38. The molecule has 18 heavy (non-hydrogen) atoms. The predicted octanol–water partition coefficient (Wildman–Crippen LogP) is 2.76. The molecule has 2 heterocycles. The zero-order valence-corrected chi connectivity index (χ0v) is 10.8. The number of thiophene rings is 1. The molecule has 0 aliphatic carbocycles. The Labute approximate surface area is 109 Å². The highest BCUT2D eigenvalue weighted by atomic mass is 32.1. The third-order valence-electron chi connectivity index (χ3n) is 2.60. The maximum absolute atomic E-state index is 4.38. The second-order valence-electron chi connectivity index (χ2n) is 4.11. The standard InChI is InChI=1S/C13H12N4S/c1-10-4-2-5-11(8-10)9-17-15-13(14-16-17)12-6-3-7-18-12/h2-8H,9H2,1H3. The second kappa shape index (κ2) is 4.70. The van der Waals surface area contributed by atoms with Gasteiger partial charge in [0, 0.05) is 0 Å². The minimum absolute atomic E-state index is 0.653. The number of hydrogen-bond acceptors (Lipinski definition) is 4. The molecule has 1 aromatic carbocycles. The Morgan fingerprint density at radius 3 is 2.94 bits per heavy atom. The summed E-state index contributed by atoms with van der Waals surface area (Å²) in [5, 5.41) is 14.5. The Morgan fingerprint density at radius 1 is 1.22 bits per heavy atom. The molecule has 5 heteroatoms. The third kappa shape index (κ3) is 2.31. The Morgan fingerprint density at radius 2 is 2.17 bits per heavy atom. The summed E-state index contributed by atoms with van der Waals surface area (Å²) in [5.74, 6) is 0.692. The molecule has 0 N–H and O–H groups in total. The van der Waals surface area contributed by atoms with Crippen molar-refractivity contribution in [2.24, 2.45) is 0 Å². The summed E-state index contributed by atoms with van der Waals surface area (Å²) >= 11 is 1.62. The fourth-order valence-corrected chi connectivity index (χ4v) is 2.44. The van der Waals surface area contributed by atoms with E-state index in [1.54, 1.807) is 16.1 Å². The largest absolute Gasteiger partial charge is 0.214 e. The van der Waals surface area contributed by atoms with E-state index in [1.165, 1.54) is 11.1 Å². The summed E-state index contributed by atoms with van der Waals surface area (Å²) in [5.41, 5.74) is 2.43. The van der Waals surface area contributed by atoms with Crippen LogP contribution in [0.3, 0.4) is 0 Å². The van der Waals surface area contributed by atoms with Crippen LogP contribution in [0.4, 0.5) is 0 Å². The first kappa shape index (κ1) is 11.1. The highest BCUT2D eigenvalue weighted by Gasteiger charge is 2.06. The molecule has 4 nitrogen and oxygen atoms in total. The number of aryl methyl sites for hydroxylation is 1. The number of benzene rings is 1. The average Bonchev–Trinajstić information content (AvgIpc) is 2.98. The molecule has 90 valence electrons. The van der Waals surface area contributed by atoms with Crippen LogP contribution < -0.4 is 0 Å². The summed E-state index contributed by atoms with van der Waals surface area (Å²) in [7, 11) is 0. The summed E-state index contributed by atoms with van der Waals surface area (Å²) in [4.78, 5) is 2.68. The van der Waals surface area contributed by atoms with Gasteiger partial charge in [0.1, 0.15) is 0 Å². The lowest BCUT2D eigenvalue weighted by Crippen LogP contribution is -2.04. The van der Waals surface area contributed by atoms with E-state index in [0.717, 1.165) is 4.88 Å². The van der Waals surface area contributed by atoms with Gasteiger partial charge in [0.2, 0.25) is 5.82 Å². The third-order valence-corrected chi connectivity index (χ3v) is 3.47. The fourth-order valence-electron chi connectivity index (χ4n) is 1.79. The monoisotopic (exact) mass is 256 g/mol.